The second-order valence-corrected chi connectivity index (χ2v) is 14.4. The van der Waals surface area contributed by atoms with Gasteiger partial charge in [0.05, 0.1) is 18.8 Å². The summed E-state index contributed by atoms with van der Waals surface area (Å²) in [6.07, 6.45) is 20.0. The molecule has 38 heavy (non-hydrogen) atoms. The lowest BCUT2D eigenvalue weighted by atomic mass is 9.58. The number of nitrogens with zero attached hydrogens (tertiary/aromatic N) is 2. The number of aliphatic hydroxyl groups is 1. The van der Waals surface area contributed by atoms with Gasteiger partial charge in [-0.1, -0.05) is 46.0 Å². The molecule has 1 heterocycles. The van der Waals surface area contributed by atoms with Crippen LogP contribution >= 0.6 is 0 Å². The Kier molecular flexibility index (Phi) is 9.10. The maximum Gasteiger partial charge on any atom is 0.102 e. The number of hydroxylamine groups is 1. The summed E-state index contributed by atoms with van der Waals surface area (Å²) in [5, 5.41) is 26.1. The SMILES string of the molecule is CCC1CCCCC1NOCC1CC2CCC3C4CCCCC4NC3C2C(N=NC2CCC(C)CC2)C1O. The van der Waals surface area contributed by atoms with Crippen LogP contribution in [0.2, 0.25) is 0 Å². The van der Waals surface area contributed by atoms with E-state index >= 15 is 0 Å². The third kappa shape index (κ3) is 5.76. The van der Waals surface area contributed by atoms with Crippen LogP contribution in [-0.4, -0.2) is 48.0 Å². The molecule has 6 aliphatic rings. The highest BCUT2D eigenvalue weighted by Gasteiger charge is 2.56. The number of hydrogen-bond donors (Lipinski definition) is 3. The normalized spacial score (nSPS) is 49.4. The number of rotatable bonds is 7. The predicted octanol–water partition coefficient (Wildman–Crippen LogP) is 6.43. The van der Waals surface area contributed by atoms with E-state index in [4.69, 9.17) is 15.1 Å². The lowest BCUT2D eigenvalue weighted by Crippen LogP contribution is -2.58. The van der Waals surface area contributed by atoms with E-state index in [0.717, 1.165) is 42.9 Å². The fraction of sp³-hybridized carbons (Fsp3) is 1.00. The van der Waals surface area contributed by atoms with Crippen molar-refractivity contribution in [3.63, 3.8) is 0 Å². The zero-order valence-electron chi connectivity index (χ0n) is 24.3. The molecule has 0 amide bonds. The summed E-state index contributed by atoms with van der Waals surface area (Å²) in [7, 11) is 0. The van der Waals surface area contributed by atoms with E-state index in [1.807, 2.05) is 0 Å². The second kappa shape index (κ2) is 12.5. The molecule has 0 aromatic rings. The van der Waals surface area contributed by atoms with Gasteiger partial charge in [0, 0.05) is 30.0 Å². The molecule has 0 aromatic heterocycles. The summed E-state index contributed by atoms with van der Waals surface area (Å²) in [6, 6.07) is 1.94. The van der Waals surface area contributed by atoms with E-state index in [0.29, 0.717) is 42.6 Å². The zero-order chi connectivity index (χ0) is 26.1. The Bertz CT molecular complexity index is 785. The van der Waals surface area contributed by atoms with Crippen molar-refractivity contribution in [2.45, 2.75) is 153 Å². The van der Waals surface area contributed by atoms with Crippen molar-refractivity contribution >= 4 is 0 Å². The molecular weight excluding hydrogens is 472 g/mol. The van der Waals surface area contributed by atoms with Crippen molar-refractivity contribution in [2.75, 3.05) is 6.61 Å². The first-order valence-electron chi connectivity index (χ1n) is 16.8. The largest absolute Gasteiger partial charge is 0.390 e. The van der Waals surface area contributed by atoms with E-state index in [2.05, 4.69) is 24.6 Å². The van der Waals surface area contributed by atoms with E-state index < -0.39 is 6.10 Å². The first-order valence-corrected chi connectivity index (χ1v) is 16.8. The molecule has 11 atom stereocenters. The first kappa shape index (κ1) is 27.6. The Morgan fingerprint density at radius 1 is 0.842 bits per heavy atom. The zero-order valence-corrected chi connectivity index (χ0v) is 24.3. The van der Waals surface area contributed by atoms with Gasteiger partial charge in [0.15, 0.2) is 0 Å². The molecule has 11 unspecified atom stereocenters. The van der Waals surface area contributed by atoms with Gasteiger partial charge in [0.2, 0.25) is 0 Å². The molecular formula is C32H56N4O2. The molecule has 6 rings (SSSR count). The van der Waals surface area contributed by atoms with Gasteiger partial charge in [-0.15, -0.1) is 0 Å². The third-order valence-electron chi connectivity index (χ3n) is 12.2. The van der Waals surface area contributed by atoms with Gasteiger partial charge in [0.25, 0.3) is 0 Å². The highest BCUT2D eigenvalue weighted by atomic mass is 16.6. The average molecular weight is 529 g/mol. The summed E-state index contributed by atoms with van der Waals surface area (Å²) in [6.45, 7) is 5.27. The van der Waals surface area contributed by atoms with Gasteiger partial charge < -0.3 is 15.3 Å². The third-order valence-corrected chi connectivity index (χ3v) is 12.2. The van der Waals surface area contributed by atoms with Crippen LogP contribution < -0.4 is 10.8 Å². The molecule has 1 saturated heterocycles. The molecule has 5 saturated carbocycles. The van der Waals surface area contributed by atoms with Crippen molar-refractivity contribution in [3.05, 3.63) is 0 Å². The maximum absolute atomic E-state index is 11.9. The summed E-state index contributed by atoms with van der Waals surface area (Å²) in [4.78, 5) is 6.22. The Morgan fingerprint density at radius 3 is 2.47 bits per heavy atom. The molecule has 0 bridgehead atoms. The van der Waals surface area contributed by atoms with Crippen molar-refractivity contribution in [2.24, 2.45) is 51.7 Å². The van der Waals surface area contributed by atoms with Gasteiger partial charge in [-0.05, 0) is 100 Å². The fourth-order valence-electron chi connectivity index (χ4n) is 9.95. The van der Waals surface area contributed by atoms with Crippen molar-refractivity contribution in [3.8, 4) is 0 Å². The summed E-state index contributed by atoms with van der Waals surface area (Å²) in [5.41, 5.74) is 3.46. The molecule has 5 aliphatic carbocycles. The first-order chi connectivity index (χ1) is 18.6. The van der Waals surface area contributed by atoms with Crippen molar-refractivity contribution in [1.82, 2.24) is 10.8 Å². The molecule has 216 valence electrons. The van der Waals surface area contributed by atoms with Gasteiger partial charge >= 0.3 is 0 Å². The second-order valence-electron chi connectivity index (χ2n) is 14.4. The summed E-state index contributed by atoms with van der Waals surface area (Å²) in [5.74, 6) is 4.34. The Balaban J connectivity index is 1.16. The van der Waals surface area contributed by atoms with Crippen LogP contribution in [0.25, 0.3) is 0 Å². The van der Waals surface area contributed by atoms with Crippen LogP contribution in [0.4, 0.5) is 0 Å². The van der Waals surface area contributed by atoms with Crippen LogP contribution in [0.5, 0.6) is 0 Å². The van der Waals surface area contributed by atoms with Crippen molar-refractivity contribution < 1.29 is 9.94 Å². The number of hydrogen-bond acceptors (Lipinski definition) is 6. The molecule has 0 spiro atoms. The van der Waals surface area contributed by atoms with E-state index in [-0.39, 0.29) is 12.0 Å². The van der Waals surface area contributed by atoms with Crippen LogP contribution in [0.15, 0.2) is 10.2 Å². The average Bonchev–Trinajstić information content (AvgIpc) is 3.33. The number of aliphatic hydroxyl groups excluding tert-OH is 1. The number of nitrogens with one attached hydrogen (secondary N) is 2. The fourth-order valence-corrected chi connectivity index (χ4v) is 9.95. The van der Waals surface area contributed by atoms with Gasteiger partial charge in [-0.25, -0.2) is 0 Å². The highest BCUT2D eigenvalue weighted by molar-refractivity contribution is 5.11. The lowest BCUT2D eigenvalue weighted by Gasteiger charge is -2.50. The van der Waals surface area contributed by atoms with Crippen LogP contribution in [0.1, 0.15) is 117 Å². The monoisotopic (exact) mass is 528 g/mol. The van der Waals surface area contributed by atoms with Gasteiger partial charge in [0.1, 0.15) is 6.04 Å². The number of azo groups is 1. The smallest absolute Gasteiger partial charge is 0.102 e. The Hall–Kier alpha value is -0.560. The molecule has 6 heteroatoms. The summed E-state index contributed by atoms with van der Waals surface area (Å²) >= 11 is 0. The number of fused-ring (bicyclic) bond motifs is 5. The van der Waals surface area contributed by atoms with E-state index in [1.54, 1.807) is 0 Å². The van der Waals surface area contributed by atoms with Crippen LogP contribution in [-0.2, 0) is 4.84 Å². The quantitative estimate of drug-likeness (QED) is 0.263. The molecule has 0 aromatic carbocycles. The van der Waals surface area contributed by atoms with Gasteiger partial charge in [-0.3, -0.25) is 0 Å². The molecule has 6 fully saturated rings. The minimum atomic E-state index is -0.458. The Morgan fingerprint density at radius 2 is 1.63 bits per heavy atom. The Labute approximate surface area is 231 Å². The van der Waals surface area contributed by atoms with Gasteiger partial charge in [-0.2, -0.15) is 15.7 Å². The van der Waals surface area contributed by atoms with Crippen molar-refractivity contribution in [1.29, 1.82) is 0 Å². The van der Waals surface area contributed by atoms with E-state index in [1.165, 1.54) is 83.5 Å². The summed E-state index contributed by atoms with van der Waals surface area (Å²) < 4.78 is 0. The standard InChI is InChI=1S/C32H56N4O2/c1-3-21-8-4-6-10-27(21)36-38-19-23-18-22-14-17-26-25-9-5-7-11-28(25)33-30(26)29(22)31(32(23)37)35-34-24-15-12-20(2)13-16-24/h20-33,36-37H,3-19H2,1-2H3. The minimum Gasteiger partial charge on any atom is -0.390 e. The van der Waals surface area contributed by atoms with Crippen LogP contribution in [0.3, 0.4) is 0 Å². The van der Waals surface area contributed by atoms with E-state index in [9.17, 15) is 5.11 Å². The van der Waals surface area contributed by atoms with Crippen LogP contribution in [0, 0.1) is 41.4 Å². The predicted molar refractivity (Wildman–Crippen MR) is 152 cm³/mol. The molecule has 6 nitrogen and oxygen atoms in total. The molecule has 0 radical (unpaired) electrons. The molecule has 1 aliphatic heterocycles. The maximum atomic E-state index is 11.9. The lowest BCUT2D eigenvalue weighted by molar-refractivity contribution is -0.0960. The highest BCUT2D eigenvalue weighted by Crippen LogP contribution is 2.53. The topological polar surface area (TPSA) is 78.2 Å². The minimum absolute atomic E-state index is 0.0831. The molecule has 3 N–H and O–H groups in total.